The minimum Gasteiger partial charge on any atom is -0.508 e. The third kappa shape index (κ3) is 18.8. The number of hydrogen-bond acceptors (Lipinski definition) is 14. The van der Waals surface area contributed by atoms with Crippen molar-refractivity contribution in [3.05, 3.63) is 65.7 Å². The van der Waals surface area contributed by atoms with Crippen molar-refractivity contribution < 1.29 is 63.2 Å². The van der Waals surface area contributed by atoms with Gasteiger partial charge >= 0.3 is 11.9 Å². The van der Waals surface area contributed by atoms with E-state index >= 15 is 4.79 Å². The van der Waals surface area contributed by atoms with Gasteiger partial charge in [-0.3, -0.25) is 48.8 Å². The fraction of sp³-hybridized carbons (Fsp3) is 0.577. The highest BCUT2D eigenvalue weighted by molar-refractivity contribution is 5.98. The topological polar surface area (TPSA) is 367 Å². The van der Waals surface area contributed by atoms with Gasteiger partial charge in [0.05, 0.1) is 0 Å². The smallest absolute Gasteiger partial charge is 0.329 e. The minimum atomic E-state index is -1.84. The van der Waals surface area contributed by atoms with Gasteiger partial charge < -0.3 is 62.6 Å². The maximum atomic E-state index is 15.1. The molecule has 2 aromatic carbocycles. The van der Waals surface area contributed by atoms with Crippen molar-refractivity contribution in [2.75, 3.05) is 13.6 Å². The summed E-state index contributed by atoms with van der Waals surface area (Å²) < 4.78 is 5.89. The average Bonchev–Trinajstić information content (AvgIpc) is 3.37. The van der Waals surface area contributed by atoms with E-state index in [9.17, 15) is 53.7 Å². The highest BCUT2D eigenvalue weighted by Crippen LogP contribution is 2.26. The summed E-state index contributed by atoms with van der Waals surface area (Å²) in [7, 11) is 1.34. The van der Waals surface area contributed by atoms with Crippen molar-refractivity contribution in [3.8, 4) is 5.75 Å². The lowest BCUT2D eigenvalue weighted by Crippen LogP contribution is -2.65. The average molecular weight is 1060 g/mol. The molecule has 2 aliphatic heterocycles. The Hall–Kier alpha value is -7.34. The lowest BCUT2D eigenvalue weighted by atomic mass is 9.95. The Morgan fingerprint density at radius 3 is 2.12 bits per heavy atom. The second-order valence-corrected chi connectivity index (χ2v) is 19.6. The van der Waals surface area contributed by atoms with Crippen molar-refractivity contribution in [2.24, 2.45) is 22.4 Å². The van der Waals surface area contributed by atoms with E-state index in [4.69, 9.17) is 16.2 Å². The number of fused-ring (bicyclic) bond motifs is 2. The van der Waals surface area contributed by atoms with Crippen LogP contribution in [0.4, 0.5) is 0 Å². The Kier molecular flexibility index (Phi) is 24.4. The summed E-state index contributed by atoms with van der Waals surface area (Å²) in [5.41, 5.74) is 17.2. The van der Waals surface area contributed by atoms with Crippen molar-refractivity contribution in [3.63, 3.8) is 0 Å². The van der Waals surface area contributed by atoms with Gasteiger partial charge in [-0.05, 0) is 74.6 Å². The molecule has 9 atom stereocenters. The summed E-state index contributed by atoms with van der Waals surface area (Å²) in [6, 6.07) is 3.99. The first kappa shape index (κ1) is 61.2. The first-order valence-corrected chi connectivity index (χ1v) is 25.9. The number of guanidine groups is 1. The summed E-state index contributed by atoms with van der Waals surface area (Å²) in [5.74, 6) is -9.31. The number of esters is 1. The molecule has 2 fully saturated rings. The molecular formula is C52H77N11O13. The molecule has 13 N–H and O–H groups in total. The number of aliphatic carboxylic acids is 1. The molecule has 2 bridgehead atoms. The van der Waals surface area contributed by atoms with E-state index < -0.39 is 120 Å². The number of carboxylic acid groups (broad SMARTS) is 1. The number of carbonyl (C=O) groups excluding carboxylic acids is 8. The zero-order valence-electron chi connectivity index (χ0n) is 44.0. The first-order valence-electron chi connectivity index (χ1n) is 25.9. The third-order valence-electron chi connectivity index (χ3n) is 13.3. The molecule has 2 aromatic rings. The molecule has 418 valence electrons. The highest BCUT2D eigenvalue weighted by Gasteiger charge is 2.46. The molecule has 2 heterocycles. The fourth-order valence-electron chi connectivity index (χ4n) is 8.88. The standard InChI is InChI=1S/C52H77N11O13/c1-6-7-8-9-13-18-40(65)61-60-36(24-26-42(67)68)46(70)59-44-31(4)76-51(75)43(30(2)3)58-47(71)38(28-33-19-21-34(64)22-20-33)62(5)50(74)39(29-32-15-11-10-12-16-32)63-41(66)25-23-37(49(63)73)57-45(69)35(56-48(44)72)17-14-27-55-52(53)54/h10-12,15-16,19-22,30-31,35-39,41,43-44,60,64,66H,6-9,13-14,17-18,23-29H2,1-5H3,(H,56,72)(H,57,69)(H,58,71)(H,59,70)(H,61,65)(H,67,68)(H4,53,54,55)/t31-,35+,36+,37+,38+,39+,41-,43?,44+/m1/s1. The van der Waals surface area contributed by atoms with Crippen LogP contribution >= 0.6 is 0 Å². The summed E-state index contributed by atoms with van der Waals surface area (Å²) >= 11 is 0. The van der Waals surface area contributed by atoms with Gasteiger partial charge in [0, 0.05) is 39.3 Å². The van der Waals surface area contributed by atoms with E-state index in [0.717, 1.165) is 35.5 Å². The Bertz CT molecular complexity index is 2330. The van der Waals surface area contributed by atoms with Crippen molar-refractivity contribution >= 4 is 59.2 Å². The van der Waals surface area contributed by atoms with E-state index in [-0.39, 0.29) is 69.6 Å². The molecule has 0 aliphatic carbocycles. The quantitative estimate of drug-likeness (QED) is 0.0245. The van der Waals surface area contributed by atoms with E-state index in [1.807, 2.05) is 0 Å². The van der Waals surface area contributed by atoms with Crippen LogP contribution in [0.2, 0.25) is 0 Å². The van der Waals surface area contributed by atoms with Gasteiger partial charge in [0.1, 0.15) is 60.4 Å². The summed E-state index contributed by atoms with van der Waals surface area (Å²) in [6.45, 7) is 6.51. The van der Waals surface area contributed by atoms with Gasteiger partial charge in [0.2, 0.25) is 41.4 Å². The molecule has 0 radical (unpaired) electrons. The molecular weight excluding hydrogens is 987 g/mol. The summed E-state index contributed by atoms with van der Waals surface area (Å²) in [4.78, 5) is 133. The molecule has 76 heavy (non-hydrogen) atoms. The van der Waals surface area contributed by atoms with E-state index in [2.05, 4.69) is 44.0 Å². The number of aliphatic hydroxyl groups excluding tert-OH is 1. The van der Waals surface area contributed by atoms with Crippen LogP contribution in [0.5, 0.6) is 5.75 Å². The predicted octanol–water partition coefficient (Wildman–Crippen LogP) is 0.123. The lowest BCUT2D eigenvalue weighted by Gasteiger charge is -2.43. The second-order valence-electron chi connectivity index (χ2n) is 19.6. The van der Waals surface area contributed by atoms with Crippen LogP contribution in [0.25, 0.3) is 0 Å². The molecule has 7 amide bonds. The number of rotatable bonds is 22. The number of phenolic OH excluding ortho intramolecular Hbond substituents is 1. The molecule has 2 saturated heterocycles. The third-order valence-corrected chi connectivity index (χ3v) is 13.3. The largest absolute Gasteiger partial charge is 0.508 e. The number of benzene rings is 2. The molecule has 24 nitrogen and oxygen atoms in total. The van der Waals surface area contributed by atoms with Gasteiger partial charge in [0.15, 0.2) is 5.96 Å². The zero-order chi connectivity index (χ0) is 56.1. The molecule has 0 spiro atoms. The van der Waals surface area contributed by atoms with Crippen LogP contribution < -0.4 is 43.6 Å². The number of hydrogen-bond donors (Lipinski definition) is 11. The van der Waals surface area contributed by atoms with Crippen molar-refractivity contribution in [2.45, 2.75) is 172 Å². The molecule has 2 aliphatic rings. The number of cyclic esters (lactones) is 1. The number of carboxylic acids is 1. The van der Waals surface area contributed by atoms with Crippen molar-refractivity contribution in [1.29, 1.82) is 0 Å². The molecule has 0 aromatic heterocycles. The number of phenols is 1. The number of nitrogens with two attached hydrogens (primary N) is 2. The Balaban J connectivity index is 1.84. The summed E-state index contributed by atoms with van der Waals surface area (Å²) in [6.07, 6.45) is -0.305. The number of carbonyl (C=O) groups is 9. The maximum absolute atomic E-state index is 15.1. The zero-order valence-corrected chi connectivity index (χ0v) is 44.0. The molecule has 24 heteroatoms. The normalized spacial score (nSPS) is 23.4. The number of amides is 7. The molecule has 4 rings (SSSR count). The summed E-state index contributed by atoms with van der Waals surface area (Å²) in [5, 5.41) is 41.8. The number of ether oxygens (including phenoxy) is 1. The highest BCUT2D eigenvalue weighted by atomic mass is 16.5. The molecule has 1 unspecified atom stereocenters. The first-order chi connectivity index (χ1) is 36.1. The van der Waals surface area contributed by atoms with E-state index in [1.165, 1.54) is 38.2 Å². The van der Waals surface area contributed by atoms with Gasteiger partial charge in [-0.2, -0.15) is 0 Å². The number of aliphatic hydroxyl groups is 1. The van der Waals surface area contributed by atoms with Gasteiger partial charge in [-0.25, -0.2) is 10.2 Å². The van der Waals surface area contributed by atoms with Crippen LogP contribution in [-0.2, 0) is 60.7 Å². The number of nitrogens with zero attached hydrogens (tertiary/aromatic N) is 3. The Morgan fingerprint density at radius 2 is 1.47 bits per heavy atom. The second kappa shape index (κ2) is 30.3. The number of aliphatic imine (C=N–C) groups is 1. The Labute approximate surface area is 442 Å². The van der Waals surface area contributed by atoms with Gasteiger partial charge in [0.25, 0.3) is 0 Å². The maximum Gasteiger partial charge on any atom is 0.329 e. The van der Waals surface area contributed by atoms with Crippen LogP contribution in [0.1, 0.15) is 116 Å². The number of likely N-dealkylation sites (N-methyl/N-ethyl adjacent to an activating group) is 1. The lowest BCUT2D eigenvalue weighted by molar-refractivity contribution is -0.165. The number of hydrazine groups is 1. The minimum absolute atomic E-state index is 0.00722. The van der Waals surface area contributed by atoms with Crippen LogP contribution in [0, 0.1) is 5.92 Å². The number of unbranched alkanes of at least 4 members (excludes halogenated alkanes) is 4. The molecule has 0 saturated carbocycles. The van der Waals surface area contributed by atoms with E-state index in [0.29, 0.717) is 17.5 Å². The van der Waals surface area contributed by atoms with Crippen molar-refractivity contribution in [1.82, 2.24) is 41.9 Å². The van der Waals surface area contributed by atoms with Crippen LogP contribution in [-0.4, -0.2) is 153 Å². The van der Waals surface area contributed by atoms with Gasteiger partial charge in [-0.15, -0.1) is 0 Å². The SMILES string of the molecule is CCCCCCCC(=O)NN[C@@H](CCC(=O)O)C(=O)N[C@@H]1C(=O)N[C@@H](CCCN=C(N)N)C(=O)N[C@H]2CC[C@@H](O)N(C2=O)[C@@H](Cc2ccccc2)C(=O)N(C)[C@@H](Cc2ccc(O)cc2)C(=O)NC(C(C)C)C(=O)O[C@@H]1C. The van der Waals surface area contributed by atoms with Crippen LogP contribution in [0.15, 0.2) is 59.6 Å². The number of aromatic hydroxyl groups is 1. The fourth-order valence-corrected chi connectivity index (χ4v) is 8.88. The van der Waals surface area contributed by atoms with E-state index in [1.54, 1.807) is 44.2 Å². The predicted molar refractivity (Wildman–Crippen MR) is 278 cm³/mol. The van der Waals surface area contributed by atoms with Crippen LogP contribution in [0.3, 0.4) is 0 Å². The number of piperidine rings is 1. The monoisotopic (exact) mass is 1060 g/mol. The Morgan fingerprint density at radius 1 is 0.816 bits per heavy atom. The van der Waals surface area contributed by atoms with Gasteiger partial charge in [-0.1, -0.05) is 88.9 Å². The number of nitrogens with one attached hydrogen (secondary N) is 6.